The van der Waals surface area contributed by atoms with Gasteiger partial charge in [0, 0.05) is 24.2 Å². The Labute approximate surface area is 94.1 Å². The monoisotopic (exact) mass is 225 g/mol. The molecule has 1 atom stereocenters. The Morgan fingerprint density at radius 1 is 1.40 bits per heavy atom. The molecule has 1 unspecified atom stereocenters. The minimum Gasteiger partial charge on any atom is -0.347 e. The topological polar surface area (TPSA) is 22.0 Å². The van der Waals surface area contributed by atoms with E-state index in [9.17, 15) is 4.21 Å². The molecule has 0 fully saturated rings. The summed E-state index contributed by atoms with van der Waals surface area (Å²) in [5.41, 5.74) is 2.68. The van der Waals surface area contributed by atoms with Crippen LogP contribution in [0.5, 0.6) is 0 Å². The fourth-order valence-electron chi connectivity index (χ4n) is 2.46. The van der Waals surface area contributed by atoms with Crippen molar-refractivity contribution < 1.29 is 4.21 Å². The molecule has 1 aliphatic heterocycles. The second kappa shape index (κ2) is 4.12. The molecule has 0 radical (unpaired) electrons. The van der Waals surface area contributed by atoms with Gasteiger partial charge in [-0.05, 0) is 31.2 Å². The normalized spacial score (nSPS) is 17.9. The van der Waals surface area contributed by atoms with Gasteiger partial charge >= 0.3 is 0 Å². The highest BCUT2D eigenvalue weighted by Crippen LogP contribution is 2.30. The molecule has 0 saturated carbocycles. The van der Waals surface area contributed by atoms with E-state index in [1.807, 2.05) is 0 Å². The average Bonchev–Trinajstić information content (AvgIpc) is 2.56. The predicted molar refractivity (Wildman–Crippen MR) is 63.8 cm³/mol. The van der Waals surface area contributed by atoms with Gasteiger partial charge in [0.1, 0.15) is 0 Å². The van der Waals surface area contributed by atoms with Gasteiger partial charge in [0.2, 0.25) is 0 Å². The molecule has 2 heterocycles. The summed E-state index contributed by atoms with van der Waals surface area (Å²) in [6.07, 6.45) is 5.47. The van der Waals surface area contributed by atoms with Crippen LogP contribution in [0, 0.1) is 0 Å². The molecular weight excluding hydrogens is 206 g/mol. The van der Waals surface area contributed by atoms with Crippen LogP contribution in [0.2, 0.25) is 0 Å². The molecule has 0 saturated heterocycles. The van der Waals surface area contributed by atoms with E-state index in [1.165, 1.54) is 24.2 Å². The van der Waals surface area contributed by atoms with Gasteiger partial charge < -0.3 is 4.57 Å². The first-order chi connectivity index (χ1) is 7.11. The molecule has 2 nitrogen and oxygen atoms in total. The molecule has 15 heavy (non-hydrogen) atoms. The first-order valence-corrected chi connectivity index (χ1v) is 7.22. The fourth-order valence-corrected chi connectivity index (χ4v) is 3.41. The lowest BCUT2D eigenvalue weighted by molar-refractivity contribution is 0.506. The van der Waals surface area contributed by atoms with Gasteiger partial charge in [-0.25, -0.2) is 0 Å². The first kappa shape index (κ1) is 10.9. The summed E-state index contributed by atoms with van der Waals surface area (Å²) in [6.45, 7) is 5.49. The zero-order valence-corrected chi connectivity index (χ0v) is 10.6. The van der Waals surface area contributed by atoms with Crippen LogP contribution in [-0.4, -0.2) is 15.0 Å². The Kier molecular flexibility index (Phi) is 3.01. The maximum atomic E-state index is 11.7. The van der Waals surface area contributed by atoms with Crippen LogP contribution in [-0.2, 0) is 23.8 Å². The van der Waals surface area contributed by atoms with Gasteiger partial charge in [-0.3, -0.25) is 4.21 Å². The van der Waals surface area contributed by atoms with Crippen LogP contribution < -0.4 is 0 Å². The molecule has 0 aromatic carbocycles. The number of nitrogens with zero attached hydrogens (tertiary/aromatic N) is 1. The maximum absolute atomic E-state index is 11.7. The van der Waals surface area contributed by atoms with Gasteiger partial charge in [-0.15, -0.1) is 0 Å². The third-order valence-electron chi connectivity index (χ3n) is 3.11. The Morgan fingerprint density at radius 2 is 2.13 bits per heavy atom. The van der Waals surface area contributed by atoms with Crippen molar-refractivity contribution in [2.45, 2.75) is 50.5 Å². The van der Waals surface area contributed by atoms with E-state index in [4.69, 9.17) is 0 Å². The van der Waals surface area contributed by atoms with E-state index < -0.39 is 10.8 Å². The molecule has 3 heteroatoms. The number of hydrogen-bond acceptors (Lipinski definition) is 1. The lowest BCUT2D eigenvalue weighted by atomic mass is 10.1. The third kappa shape index (κ3) is 1.89. The highest BCUT2D eigenvalue weighted by atomic mass is 32.2. The summed E-state index contributed by atoms with van der Waals surface area (Å²) in [5.74, 6) is 0.468. The minimum absolute atomic E-state index is 0.468. The summed E-state index contributed by atoms with van der Waals surface area (Å²) in [5, 5.41) is 0. The van der Waals surface area contributed by atoms with Gasteiger partial charge in [0.05, 0.1) is 15.7 Å². The molecule has 1 aromatic rings. The van der Waals surface area contributed by atoms with Crippen molar-refractivity contribution >= 4 is 10.8 Å². The highest BCUT2D eigenvalue weighted by Gasteiger charge is 2.21. The number of hydrogen-bond donors (Lipinski definition) is 0. The molecule has 1 aliphatic rings. The summed E-state index contributed by atoms with van der Waals surface area (Å²) < 4.78 is 14.1. The highest BCUT2D eigenvalue weighted by molar-refractivity contribution is 7.84. The fraction of sp³-hybridized carbons (Fsp3) is 0.667. The molecule has 1 aromatic heterocycles. The van der Waals surface area contributed by atoms with E-state index in [-0.39, 0.29) is 0 Å². The van der Waals surface area contributed by atoms with Crippen LogP contribution in [0.25, 0.3) is 0 Å². The standard InChI is InChI=1S/C12H19NOS/c1-9(2)12-11(15(3)14)8-10-6-4-5-7-13(10)12/h8-9H,4-7H2,1-3H3. The smallest absolute Gasteiger partial charge is 0.0599 e. The van der Waals surface area contributed by atoms with Gasteiger partial charge in [-0.1, -0.05) is 13.8 Å². The van der Waals surface area contributed by atoms with Crippen LogP contribution in [0.15, 0.2) is 11.0 Å². The SMILES string of the molecule is CC(C)c1c(S(C)=O)cc2n1CCCC2. The quantitative estimate of drug-likeness (QED) is 0.758. The van der Waals surface area contributed by atoms with Crippen molar-refractivity contribution in [3.63, 3.8) is 0 Å². The van der Waals surface area contributed by atoms with Crippen LogP contribution in [0.3, 0.4) is 0 Å². The van der Waals surface area contributed by atoms with E-state index in [1.54, 1.807) is 6.26 Å². The average molecular weight is 225 g/mol. The van der Waals surface area contributed by atoms with Gasteiger partial charge in [-0.2, -0.15) is 0 Å². The summed E-state index contributed by atoms with van der Waals surface area (Å²) in [4.78, 5) is 1.06. The molecule has 0 amide bonds. The van der Waals surface area contributed by atoms with Crippen molar-refractivity contribution in [3.8, 4) is 0 Å². The van der Waals surface area contributed by atoms with Crippen LogP contribution >= 0.6 is 0 Å². The van der Waals surface area contributed by atoms with Crippen molar-refractivity contribution in [3.05, 3.63) is 17.5 Å². The summed E-state index contributed by atoms with van der Waals surface area (Å²) >= 11 is 0. The molecule has 2 rings (SSSR count). The van der Waals surface area contributed by atoms with Crippen molar-refractivity contribution in [1.29, 1.82) is 0 Å². The Balaban J connectivity index is 2.56. The van der Waals surface area contributed by atoms with Crippen LogP contribution in [0.4, 0.5) is 0 Å². The predicted octanol–water partition coefficient (Wildman–Crippen LogP) is 2.69. The first-order valence-electron chi connectivity index (χ1n) is 5.67. The molecule has 84 valence electrons. The summed E-state index contributed by atoms with van der Waals surface area (Å²) in [7, 11) is -0.847. The van der Waals surface area contributed by atoms with Crippen molar-refractivity contribution in [2.24, 2.45) is 0 Å². The number of aromatic nitrogens is 1. The molecule has 0 bridgehead atoms. The van der Waals surface area contributed by atoms with E-state index >= 15 is 0 Å². The molecular formula is C12H19NOS. The molecule has 0 spiro atoms. The van der Waals surface area contributed by atoms with E-state index in [2.05, 4.69) is 24.5 Å². The third-order valence-corrected chi connectivity index (χ3v) is 4.06. The molecule has 0 aliphatic carbocycles. The number of aryl methyl sites for hydroxylation is 1. The van der Waals surface area contributed by atoms with Crippen molar-refractivity contribution in [2.75, 3.05) is 6.26 Å². The Bertz CT molecular complexity index is 393. The van der Waals surface area contributed by atoms with E-state index in [0.29, 0.717) is 5.92 Å². The van der Waals surface area contributed by atoms with Crippen molar-refractivity contribution in [1.82, 2.24) is 4.57 Å². The van der Waals surface area contributed by atoms with Gasteiger partial charge in [0.15, 0.2) is 0 Å². The van der Waals surface area contributed by atoms with Gasteiger partial charge in [0.25, 0.3) is 0 Å². The van der Waals surface area contributed by atoms with Crippen LogP contribution in [0.1, 0.15) is 44.0 Å². The maximum Gasteiger partial charge on any atom is 0.0599 e. The number of rotatable bonds is 2. The number of fused-ring (bicyclic) bond motifs is 1. The lowest BCUT2D eigenvalue weighted by Crippen LogP contribution is -2.13. The summed E-state index contributed by atoms with van der Waals surface area (Å²) in [6, 6.07) is 2.16. The second-order valence-corrected chi connectivity index (χ2v) is 5.95. The lowest BCUT2D eigenvalue weighted by Gasteiger charge is -2.20. The van der Waals surface area contributed by atoms with E-state index in [0.717, 1.165) is 17.9 Å². The Morgan fingerprint density at radius 3 is 2.73 bits per heavy atom. The zero-order valence-electron chi connectivity index (χ0n) is 9.75. The Hall–Kier alpha value is -0.570. The molecule has 0 N–H and O–H groups in total. The second-order valence-electron chi connectivity index (χ2n) is 4.60. The zero-order chi connectivity index (χ0) is 11.0. The minimum atomic E-state index is -0.847. The largest absolute Gasteiger partial charge is 0.347 e.